The highest BCUT2D eigenvalue weighted by Crippen LogP contribution is 2.25. The zero-order chi connectivity index (χ0) is 29.0. The van der Waals surface area contributed by atoms with E-state index in [0.29, 0.717) is 19.3 Å². The van der Waals surface area contributed by atoms with E-state index in [-0.39, 0.29) is 38.1 Å². The Morgan fingerprint density at radius 3 is 2.18 bits per heavy atom. The molecule has 1 heterocycles. The fourth-order valence-corrected chi connectivity index (χ4v) is 4.45. The largest absolute Gasteiger partial charge is 0.481 e. The van der Waals surface area contributed by atoms with Crippen LogP contribution in [-0.4, -0.2) is 99.8 Å². The Balaban J connectivity index is 3.04. The van der Waals surface area contributed by atoms with Gasteiger partial charge in [0.1, 0.15) is 12.1 Å². The number of likely N-dealkylation sites (tertiary alicyclic amines) is 1. The Bertz CT molecular complexity index is 865. The van der Waals surface area contributed by atoms with E-state index in [1.807, 2.05) is 13.8 Å². The van der Waals surface area contributed by atoms with Crippen molar-refractivity contribution in [2.24, 2.45) is 11.7 Å². The van der Waals surface area contributed by atoms with Crippen LogP contribution in [0.25, 0.3) is 0 Å². The molecule has 0 aromatic rings. The first-order valence-electron chi connectivity index (χ1n) is 12.6. The van der Waals surface area contributed by atoms with E-state index in [0.717, 1.165) is 0 Å². The van der Waals surface area contributed by atoms with Crippen molar-refractivity contribution >= 4 is 35.6 Å². The lowest BCUT2D eigenvalue weighted by Crippen LogP contribution is -2.59. The van der Waals surface area contributed by atoms with Crippen molar-refractivity contribution in [1.29, 1.82) is 0 Å². The standard InChI is InChI=1S/C24H40N4O10/c1-13(2)11-14(25)22(34)27-15(6-9-20(30)31)23(35)28-10-4-5-18(38-3)17(28)7-8-19(29)26-16(24(36)37)12-21(32)33/h13-18H,4-12,25H2,1-3H3,(H,26,29)(H,27,34)(H,30,31)(H,32,33)(H,36,37)/t14-,15-,16-,17+,18+/m0/s1. The molecule has 0 unspecified atom stereocenters. The zero-order valence-corrected chi connectivity index (χ0v) is 22.1. The smallest absolute Gasteiger partial charge is 0.326 e. The minimum absolute atomic E-state index is 0.0714. The summed E-state index contributed by atoms with van der Waals surface area (Å²) in [4.78, 5) is 73.5. The van der Waals surface area contributed by atoms with Gasteiger partial charge in [-0.05, 0) is 38.0 Å². The molecule has 1 fully saturated rings. The van der Waals surface area contributed by atoms with Gasteiger partial charge in [0.15, 0.2) is 0 Å². The van der Waals surface area contributed by atoms with Crippen molar-refractivity contribution in [2.75, 3.05) is 13.7 Å². The third-order valence-electron chi connectivity index (χ3n) is 6.31. The zero-order valence-electron chi connectivity index (χ0n) is 22.1. The molecule has 14 nitrogen and oxygen atoms in total. The van der Waals surface area contributed by atoms with E-state index < -0.39 is 72.3 Å². The van der Waals surface area contributed by atoms with Crippen LogP contribution in [-0.2, 0) is 33.5 Å². The number of carboxylic acids is 3. The van der Waals surface area contributed by atoms with Gasteiger partial charge in [-0.2, -0.15) is 0 Å². The van der Waals surface area contributed by atoms with Gasteiger partial charge in [0.05, 0.1) is 24.6 Å². The number of aliphatic carboxylic acids is 3. The number of ether oxygens (including phenoxy) is 1. The second-order valence-electron chi connectivity index (χ2n) is 9.84. The molecule has 1 rings (SSSR count). The maximum atomic E-state index is 13.6. The highest BCUT2D eigenvalue weighted by molar-refractivity contribution is 5.90. The first kappa shape index (κ1) is 32.8. The van der Waals surface area contributed by atoms with Crippen LogP contribution in [0.1, 0.15) is 65.2 Å². The Morgan fingerprint density at radius 1 is 1.00 bits per heavy atom. The summed E-state index contributed by atoms with van der Waals surface area (Å²) in [5, 5.41) is 31.9. The molecular formula is C24H40N4O10. The molecule has 0 aromatic carbocycles. The molecule has 1 aliphatic heterocycles. The van der Waals surface area contributed by atoms with Crippen molar-refractivity contribution in [1.82, 2.24) is 15.5 Å². The lowest BCUT2D eigenvalue weighted by Gasteiger charge is -2.42. The first-order valence-corrected chi connectivity index (χ1v) is 12.6. The minimum Gasteiger partial charge on any atom is -0.481 e. The Kier molecular flexibility index (Phi) is 13.7. The molecule has 14 heteroatoms. The molecule has 5 atom stereocenters. The fraction of sp³-hybridized carbons (Fsp3) is 0.750. The number of nitrogens with zero attached hydrogens (tertiary/aromatic N) is 1. The number of nitrogens with one attached hydrogen (secondary N) is 2. The monoisotopic (exact) mass is 544 g/mol. The van der Waals surface area contributed by atoms with Gasteiger partial charge in [0.2, 0.25) is 17.7 Å². The van der Waals surface area contributed by atoms with Gasteiger partial charge in [-0.1, -0.05) is 13.8 Å². The van der Waals surface area contributed by atoms with Gasteiger partial charge >= 0.3 is 17.9 Å². The third-order valence-corrected chi connectivity index (χ3v) is 6.31. The van der Waals surface area contributed by atoms with Crippen LogP contribution in [0.3, 0.4) is 0 Å². The van der Waals surface area contributed by atoms with Crippen LogP contribution in [0.2, 0.25) is 0 Å². The van der Waals surface area contributed by atoms with Gasteiger partial charge in [0, 0.05) is 26.5 Å². The Hall–Kier alpha value is -3.26. The molecule has 38 heavy (non-hydrogen) atoms. The summed E-state index contributed by atoms with van der Waals surface area (Å²) in [6, 6.07) is -4.26. The van der Waals surface area contributed by atoms with Crippen molar-refractivity contribution in [2.45, 2.75) is 95.5 Å². The average molecular weight is 545 g/mol. The lowest BCUT2D eigenvalue weighted by atomic mass is 9.93. The molecule has 7 N–H and O–H groups in total. The summed E-state index contributed by atoms with van der Waals surface area (Å²) in [6.45, 7) is 4.05. The second kappa shape index (κ2) is 15.9. The SMILES string of the molecule is CO[C@@H]1CCCN(C(=O)[C@H](CCC(=O)O)NC(=O)[C@@H](N)CC(C)C)[C@@H]1CCC(=O)N[C@@H](CC(=O)O)C(=O)O. The van der Waals surface area contributed by atoms with E-state index in [9.17, 15) is 28.8 Å². The van der Waals surface area contributed by atoms with Crippen molar-refractivity contribution in [3.8, 4) is 0 Å². The molecule has 1 saturated heterocycles. The van der Waals surface area contributed by atoms with E-state index >= 15 is 0 Å². The Morgan fingerprint density at radius 2 is 1.66 bits per heavy atom. The molecule has 0 radical (unpaired) electrons. The number of carbonyl (C=O) groups excluding carboxylic acids is 3. The molecule has 1 aliphatic rings. The summed E-state index contributed by atoms with van der Waals surface area (Å²) in [7, 11) is 1.45. The van der Waals surface area contributed by atoms with E-state index in [4.69, 9.17) is 25.8 Å². The highest BCUT2D eigenvalue weighted by atomic mass is 16.5. The third kappa shape index (κ3) is 11.0. The number of hydrogen-bond donors (Lipinski definition) is 6. The van der Waals surface area contributed by atoms with Crippen LogP contribution < -0.4 is 16.4 Å². The predicted molar refractivity (Wildman–Crippen MR) is 133 cm³/mol. The van der Waals surface area contributed by atoms with Crippen LogP contribution in [0, 0.1) is 5.92 Å². The number of amides is 3. The van der Waals surface area contributed by atoms with Crippen LogP contribution in [0.4, 0.5) is 0 Å². The molecule has 0 bridgehead atoms. The van der Waals surface area contributed by atoms with Crippen molar-refractivity contribution in [3.63, 3.8) is 0 Å². The Labute approximate surface area is 221 Å². The highest BCUT2D eigenvalue weighted by Gasteiger charge is 2.38. The number of hydrogen-bond acceptors (Lipinski definition) is 8. The molecule has 3 amide bonds. The fourth-order valence-electron chi connectivity index (χ4n) is 4.45. The van der Waals surface area contributed by atoms with Gasteiger partial charge in [0.25, 0.3) is 0 Å². The van der Waals surface area contributed by atoms with E-state index in [1.54, 1.807) is 0 Å². The van der Waals surface area contributed by atoms with Crippen molar-refractivity contribution < 1.29 is 48.8 Å². The first-order chi connectivity index (χ1) is 17.8. The summed E-state index contributed by atoms with van der Waals surface area (Å²) in [5.74, 6) is -5.70. The number of methoxy groups -OCH3 is 1. The summed E-state index contributed by atoms with van der Waals surface area (Å²) in [5.41, 5.74) is 5.95. The molecule has 0 saturated carbocycles. The van der Waals surface area contributed by atoms with E-state index in [2.05, 4.69) is 10.6 Å². The van der Waals surface area contributed by atoms with Crippen LogP contribution >= 0.6 is 0 Å². The van der Waals surface area contributed by atoms with Gasteiger partial charge < -0.3 is 41.3 Å². The maximum absolute atomic E-state index is 13.6. The quantitative estimate of drug-likeness (QED) is 0.146. The maximum Gasteiger partial charge on any atom is 0.326 e. The second-order valence-corrected chi connectivity index (χ2v) is 9.84. The molecular weight excluding hydrogens is 504 g/mol. The molecule has 0 aromatic heterocycles. The van der Waals surface area contributed by atoms with Crippen LogP contribution in [0.15, 0.2) is 0 Å². The predicted octanol–water partition coefficient (Wildman–Crippen LogP) is -0.460. The summed E-state index contributed by atoms with van der Waals surface area (Å²) >= 11 is 0. The number of carboxylic acid groups (broad SMARTS) is 3. The minimum atomic E-state index is -1.60. The van der Waals surface area contributed by atoms with Gasteiger partial charge in [-0.15, -0.1) is 0 Å². The van der Waals surface area contributed by atoms with Gasteiger partial charge in [-0.3, -0.25) is 24.0 Å². The number of nitrogens with two attached hydrogens (primary N) is 1. The summed E-state index contributed by atoms with van der Waals surface area (Å²) < 4.78 is 5.53. The topological polar surface area (TPSA) is 226 Å². The normalized spacial score (nSPS) is 19.8. The lowest BCUT2D eigenvalue weighted by molar-refractivity contribution is -0.147. The van der Waals surface area contributed by atoms with Gasteiger partial charge in [-0.25, -0.2) is 4.79 Å². The molecule has 216 valence electrons. The number of carbonyl (C=O) groups is 6. The van der Waals surface area contributed by atoms with E-state index in [1.165, 1.54) is 12.0 Å². The average Bonchev–Trinajstić information content (AvgIpc) is 2.83. The number of rotatable bonds is 16. The van der Waals surface area contributed by atoms with Crippen LogP contribution in [0.5, 0.6) is 0 Å². The molecule has 0 aliphatic carbocycles. The summed E-state index contributed by atoms with van der Waals surface area (Å²) in [6.07, 6.45) is -0.416. The van der Waals surface area contributed by atoms with Crippen molar-refractivity contribution in [3.05, 3.63) is 0 Å². The molecule has 0 spiro atoms. The number of piperidine rings is 1.